The molecule has 0 amide bonds. The molecule has 0 aliphatic heterocycles. The van der Waals surface area contributed by atoms with Crippen LogP contribution in [-0.4, -0.2) is 10.1 Å². The van der Waals surface area contributed by atoms with E-state index in [1.807, 2.05) is 27.7 Å². The maximum atomic E-state index is 13.2. The Bertz CT molecular complexity index is 622. The quantitative estimate of drug-likeness (QED) is 0.895. The second kappa shape index (κ2) is 6.23. The highest BCUT2D eigenvalue weighted by molar-refractivity contribution is 9.10. The number of hydrogen-bond acceptors (Lipinski definition) is 4. The molecule has 1 unspecified atom stereocenters. The summed E-state index contributed by atoms with van der Waals surface area (Å²) >= 11 is 3.18. The molecule has 0 saturated carbocycles. The van der Waals surface area contributed by atoms with Crippen LogP contribution >= 0.6 is 15.9 Å². The lowest BCUT2D eigenvalue weighted by atomic mass is 9.96. The number of halogens is 2. The highest BCUT2D eigenvalue weighted by Crippen LogP contribution is 2.21. The average molecular weight is 356 g/mol. The Morgan fingerprint density at radius 1 is 1.38 bits per heavy atom. The SMILES string of the molecule is CC(NCc1ccc(F)c(Br)c1)c1nc(C(C)(C)C)no1. The predicted octanol–water partition coefficient (Wildman–Crippen LogP) is 4.12. The summed E-state index contributed by atoms with van der Waals surface area (Å²) in [6, 6.07) is 4.87. The van der Waals surface area contributed by atoms with Gasteiger partial charge in [0, 0.05) is 12.0 Å². The third-order valence-electron chi connectivity index (χ3n) is 3.08. The Hall–Kier alpha value is -1.27. The van der Waals surface area contributed by atoms with E-state index in [-0.39, 0.29) is 17.3 Å². The molecule has 0 fully saturated rings. The van der Waals surface area contributed by atoms with Crippen LogP contribution in [0.25, 0.3) is 0 Å². The van der Waals surface area contributed by atoms with Crippen LogP contribution in [0.5, 0.6) is 0 Å². The van der Waals surface area contributed by atoms with Gasteiger partial charge < -0.3 is 9.84 Å². The molecule has 114 valence electrons. The molecule has 4 nitrogen and oxygen atoms in total. The van der Waals surface area contributed by atoms with E-state index >= 15 is 0 Å². The molecule has 0 aliphatic carbocycles. The Kier molecular flexibility index (Phi) is 4.78. The standard InChI is InChI=1S/C15H19BrFN3O/c1-9(13-19-14(20-21-13)15(2,3)4)18-8-10-5-6-12(17)11(16)7-10/h5-7,9,18H,8H2,1-4H3. The van der Waals surface area contributed by atoms with Gasteiger partial charge in [0.2, 0.25) is 5.89 Å². The molecule has 21 heavy (non-hydrogen) atoms. The number of rotatable bonds is 4. The molecule has 1 N–H and O–H groups in total. The van der Waals surface area contributed by atoms with E-state index in [1.165, 1.54) is 6.07 Å². The second-order valence-corrected chi connectivity index (χ2v) is 6.91. The van der Waals surface area contributed by atoms with Crippen molar-refractivity contribution < 1.29 is 8.91 Å². The Morgan fingerprint density at radius 2 is 2.10 bits per heavy atom. The first-order valence-electron chi connectivity index (χ1n) is 6.79. The van der Waals surface area contributed by atoms with Crippen LogP contribution in [0.2, 0.25) is 0 Å². The van der Waals surface area contributed by atoms with Crippen molar-refractivity contribution in [3.63, 3.8) is 0 Å². The Morgan fingerprint density at radius 3 is 2.67 bits per heavy atom. The minimum atomic E-state index is -0.265. The molecular formula is C15H19BrFN3O. The van der Waals surface area contributed by atoms with E-state index in [0.717, 1.165) is 5.56 Å². The van der Waals surface area contributed by atoms with Crippen molar-refractivity contribution >= 4 is 15.9 Å². The smallest absolute Gasteiger partial charge is 0.243 e. The first kappa shape index (κ1) is 16.1. The molecule has 2 aromatic rings. The van der Waals surface area contributed by atoms with Crippen molar-refractivity contribution in [3.8, 4) is 0 Å². The molecule has 1 atom stereocenters. The molecule has 6 heteroatoms. The second-order valence-electron chi connectivity index (χ2n) is 6.06. The van der Waals surface area contributed by atoms with Crippen LogP contribution in [0.15, 0.2) is 27.2 Å². The van der Waals surface area contributed by atoms with E-state index in [1.54, 1.807) is 12.1 Å². The molecule has 0 aliphatic rings. The van der Waals surface area contributed by atoms with Gasteiger partial charge in [0.1, 0.15) is 5.82 Å². The van der Waals surface area contributed by atoms with Crippen molar-refractivity contribution in [1.29, 1.82) is 0 Å². The number of hydrogen-bond donors (Lipinski definition) is 1. The number of nitrogens with one attached hydrogen (secondary N) is 1. The van der Waals surface area contributed by atoms with Crippen LogP contribution in [0.3, 0.4) is 0 Å². The van der Waals surface area contributed by atoms with E-state index in [2.05, 4.69) is 31.4 Å². The fraction of sp³-hybridized carbons (Fsp3) is 0.467. The lowest BCUT2D eigenvalue weighted by Gasteiger charge is -2.12. The molecular weight excluding hydrogens is 337 g/mol. The first-order chi connectivity index (χ1) is 9.77. The van der Waals surface area contributed by atoms with Gasteiger partial charge in [0.15, 0.2) is 5.82 Å². The molecule has 2 rings (SSSR count). The minimum Gasteiger partial charge on any atom is -0.338 e. The molecule has 0 radical (unpaired) electrons. The normalized spacial score (nSPS) is 13.4. The van der Waals surface area contributed by atoms with Gasteiger partial charge in [-0.25, -0.2) is 4.39 Å². The van der Waals surface area contributed by atoms with Crippen LogP contribution < -0.4 is 5.32 Å². The van der Waals surface area contributed by atoms with Gasteiger partial charge >= 0.3 is 0 Å². The summed E-state index contributed by atoms with van der Waals surface area (Å²) in [7, 11) is 0. The van der Waals surface area contributed by atoms with Crippen LogP contribution in [-0.2, 0) is 12.0 Å². The Labute approximate surface area is 132 Å². The molecule has 0 spiro atoms. The zero-order chi connectivity index (χ0) is 15.6. The van der Waals surface area contributed by atoms with E-state index < -0.39 is 0 Å². The summed E-state index contributed by atoms with van der Waals surface area (Å²) in [6.07, 6.45) is 0. The van der Waals surface area contributed by atoms with E-state index in [0.29, 0.717) is 22.7 Å². The summed E-state index contributed by atoms with van der Waals surface area (Å²) in [4.78, 5) is 4.42. The van der Waals surface area contributed by atoms with Crippen molar-refractivity contribution in [2.45, 2.75) is 45.7 Å². The van der Waals surface area contributed by atoms with Gasteiger partial charge in [-0.1, -0.05) is 32.0 Å². The first-order valence-corrected chi connectivity index (χ1v) is 7.58. The maximum Gasteiger partial charge on any atom is 0.243 e. The number of aromatic nitrogens is 2. The van der Waals surface area contributed by atoms with Gasteiger partial charge in [-0.05, 0) is 40.5 Å². The lowest BCUT2D eigenvalue weighted by Crippen LogP contribution is -2.19. The highest BCUT2D eigenvalue weighted by Gasteiger charge is 2.22. The predicted molar refractivity (Wildman–Crippen MR) is 82.4 cm³/mol. The summed E-state index contributed by atoms with van der Waals surface area (Å²) in [6.45, 7) is 8.66. The molecule has 0 bridgehead atoms. The summed E-state index contributed by atoms with van der Waals surface area (Å²) in [5.41, 5.74) is 0.842. The monoisotopic (exact) mass is 355 g/mol. The lowest BCUT2D eigenvalue weighted by molar-refractivity contribution is 0.330. The topological polar surface area (TPSA) is 51.0 Å². The van der Waals surface area contributed by atoms with E-state index in [9.17, 15) is 4.39 Å². The summed E-state index contributed by atoms with van der Waals surface area (Å²) in [5, 5.41) is 7.29. The zero-order valence-corrected chi connectivity index (χ0v) is 14.2. The molecule has 1 heterocycles. The zero-order valence-electron chi connectivity index (χ0n) is 12.6. The minimum absolute atomic E-state index is 0.0718. The molecule has 0 saturated heterocycles. The third kappa shape index (κ3) is 4.11. The van der Waals surface area contributed by atoms with Gasteiger partial charge in [-0.15, -0.1) is 0 Å². The third-order valence-corrected chi connectivity index (χ3v) is 3.69. The number of benzene rings is 1. The Balaban J connectivity index is 1.99. The van der Waals surface area contributed by atoms with E-state index in [4.69, 9.17) is 4.52 Å². The van der Waals surface area contributed by atoms with Crippen molar-refractivity contribution in [2.75, 3.05) is 0 Å². The van der Waals surface area contributed by atoms with Gasteiger partial charge in [0.05, 0.1) is 10.5 Å². The van der Waals surface area contributed by atoms with Crippen molar-refractivity contribution in [1.82, 2.24) is 15.5 Å². The van der Waals surface area contributed by atoms with Crippen molar-refractivity contribution in [2.24, 2.45) is 0 Å². The van der Waals surface area contributed by atoms with Crippen molar-refractivity contribution in [3.05, 3.63) is 45.8 Å². The molecule has 1 aromatic heterocycles. The summed E-state index contributed by atoms with van der Waals surface area (Å²) in [5.74, 6) is 0.982. The van der Waals surface area contributed by atoms with Crippen LogP contribution in [0.1, 0.15) is 51.0 Å². The number of nitrogens with zero attached hydrogens (tertiary/aromatic N) is 2. The summed E-state index contributed by atoms with van der Waals surface area (Å²) < 4.78 is 18.9. The largest absolute Gasteiger partial charge is 0.338 e. The fourth-order valence-corrected chi connectivity index (χ4v) is 2.15. The fourth-order valence-electron chi connectivity index (χ4n) is 1.72. The van der Waals surface area contributed by atoms with Gasteiger partial charge in [0.25, 0.3) is 0 Å². The van der Waals surface area contributed by atoms with Gasteiger partial charge in [-0.2, -0.15) is 4.98 Å². The van der Waals surface area contributed by atoms with Crippen LogP contribution in [0.4, 0.5) is 4.39 Å². The van der Waals surface area contributed by atoms with Gasteiger partial charge in [-0.3, -0.25) is 0 Å². The molecule has 1 aromatic carbocycles. The average Bonchev–Trinajstić information content (AvgIpc) is 2.89. The maximum absolute atomic E-state index is 13.2. The highest BCUT2D eigenvalue weighted by atomic mass is 79.9. The van der Waals surface area contributed by atoms with Crippen LogP contribution in [0, 0.1) is 5.82 Å².